The second-order valence-electron chi connectivity index (χ2n) is 5.05. The van der Waals surface area contributed by atoms with E-state index < -0.39 is 0 Å². The zero-order chi connectivity index (χ0) is 15.8. The van der Waals surface area contributed by atoms with E-state index in [4.69, 9.17) is 16.3 Å². The maximum absolute atomic E-state index is 12.0. The van der Waals surface area contributed by atoms with Crippen molar-refractivity contribution in [2.75, 3.05) is 20.2 Å². The van der Waals surface area contributed by atoms with E-state index in [9.17, 15) is 4.79 Å². The standard InChI is InChI=1S/C17H20ClNO2S/c1-19(11-12-21-15-9-7-14(18)8-10-15)17(20)6-2-4-16-5-3-13-22-16/h3,5,7-10,13H,2,4,6,11-12H2,1H3. The van der Waals surface area contributed by atoms with Crippen LogP contribution in [0.25, 0.3) is 0 Å². The third-order valence-corrected chi connectivity index (χ3v) is 4.52. The Hall–Kier alpha value is -1.52. The van der Waals surface area contributed by atoms with Gasteiger partial charge < -0.3 is 9.64 Å². The van der Waals surface area contributed by atoms with Crippen LogP contribution in [0.3, 0.4) is 0 Å². The molecule has 3 nitrogen and oxygen atoms in total. The average molecular weight is 338 g/mol. The van der Waals surface area contributed by atoms with Crippen molar-refractivity contribution >= 4 is 28.8 Å². The Kier molecular flexibility index (Phi) is 6.74. The molecule has 0 radical (unpaired) electrons. The number of nitrogens with zero attached hydrogens (tertiary/aromatic N) is 1. The van der Waals surface area contributed by atoms with Crippen LogP contribution in [0.4, 0.5) is 0 Å². The van der Waals surface area contributed by atoms with Gasteiger partial charge in [0.25, 0.3) is 0 Å². The van der Waals surface area contributed by atoms with Crippen LogP contribution < -0.4 is 4.74 Å². The van der Waals surface area contributed by atoms with E-state index in [1.165, 1.54) is 4.88 Å². The molecule has 22 heavy (non-hydrogen) atoms. The number of amides is 1. The molecule has 0 aliphatic rings. The normalized spacial score (nSPS) is 10.5. The highest BCUT2D eigenvalue weighted by molar-refractivity contribution is 7.09. The molecule has 2 aromatic rings. The summed E-state index contributed by atoms with van der Waals surface area (Å²) in [5.74, 6) is 0.930. The molecule has 1 aromatic carbocycles. The Balaban J connectivity index is 1.62. The molecule has 0 fully saturated rings. The van der Waals surface area contributed by atoms with Gasteiger partial charge in [-0.1, -0.05) is 17.7 Å². The summed E-state index contributed by atoms with van der Waals surface area (Å²) in [4.78, 5) is 15.1. The number of rotatable bonds is 8. The number of carbonyl (C=O) groups excluding carboxylic acids is 1. The van der Waals surface area contributed by atoms with E-state index in [0.717, 1.165) is 18.6 Å². The number of hydrogen-bond donors (Lipinski definition) is 0. The van der Waals surface area contributed by atoms with Crippen molar-refractivity contribution in [2.45, 2.75) is 19.3 Å². The van der Waals surface area contributed by atoms with Gasteiger partial charge in [-0.25, -0.2) is 0 Å². The summed E-state index contributed by atoms with van der Waals surface area (Å²) in [5.41, 5.74) is 0. The van der Waals surface area contributed by atoms with E-state index >= 15 is 0 Å². The number of halogens is 1. The Morgan fingerprint density at radius 1 is 1.27 bits per heavy atom. The van der Waals surface area contributed by atoms with Gasteiger partial charge in [0, 0.05) is 23.4 Å². The fraction of sp³-hybridized carbons (Fsp3) is 0.353. The summed E-state index contributed by atoms with van der Waals surface area (Å²) in [7, 11) is 1.82. The third-order valence-electron chi connectivity index (χ3n) is 3.33. The lowest BCUT2D eigenvalue weighted by atomic mass is 10.2. The number of benzene rings is 1. The summed E-state index contributed by atoms with van der Waals surface area (Å²) in [6, 6.07) is 11.4. The van der Waals surface area contributed by atoms with Crippen molar-refractivity contribution in [1.82, 2.24) is 4.90 Å². The lowest BCUT2D eigenvalue weighted by Crippen LogP contribution is -2.30. The maximum atomic E-state index is 12.0. The zero-order valence-corrected chi connectivity index (χ0v) is 14.2. The molecule has 0 unspecified atom stereocenters. The predicted octanol–water partition coefficient (Wildman–Crippen LogP) is 4.26. The monoisotopic (exact) mass is 337 g/mol. The average Bonchev–Trinajstić information content (AvgIpc) is 3.02. The van der Waals surface area contributed by atoms with Crippen LogP contribution in [-0.4, -0.2) is 31.0 Å². The minimum absolute atomic E-state index is 0.163. The lowest BCUT2D eigenvalue weighted by molar-refractivity contribution is -0.130. The van der Waals surface area contributed by atoms with Crippen molar-refractivity contribution in [3.63, 3.8) is 0 Å². The molecular weight excluding hydrogens is 318 g/mol. The summed E-state index contributed by atoms with van der Waals surface area (Å²) < 4.78 is 5.59. The Labute approximate surface area is 140 Å². The first-order chi connectivity index (χ1) is 10.6. The maximum Gasteiger partial charge on any atom is 0.222 e. The zero-order valence-electron chi connectivity index (χ0n) is 12.6. The molecule has 0 atom stereocenters. The molecule has 118 valence electrons. The van der Waals surface area contributed by atoms with Crippen LogP contribution in [0, 0.1) is 0 Å². The number of thiophene rings is 1. The van der Waals surface area contributed by atoms with Crippen LogP contribution in [-0.2, 0) is 11.2 Å². The Bertz CT molecular complexity index is 569. The van der Waals surface area contributed by atoms with Crippen LogP contribution in [0.2, 0.25) is 5.02 Å². The molecular formula is C17H20ClNO2S. The van der Waals surface area contributed by atoms with Crippen LogP contribution in [0.15, 0.2) is 41.8 Å². The van der Waals surface area contributed by atoms with E-state index in [1.807, 2.05) is 25.2 Å². The summed E-state index contributed by atoms with van der Waals surface area (Å²) in [6.45, 7) is 1.06. The lowest BCUT2D eigenvalue weighted by Gasteiger charge is -2.17. The SMILES string of the molecule is CN(CCOc1ccc(Cl)cc1)C(=O)CCCc1cccs1. The van der Waals surface area contributed by atoms with Crippen LogP contribution in [0.1, 0.15) is 17.7 Å². The highest BCUT2D eigenvalue weighted by Crippen LogP contribution is 2.15. The molecule has 0 aliphatic carbocycles. The van der Waals surface area contributed by atoms with Gasteiger partial charge in [-0.3, -0.25) is 4.79 Å². The van der Waals surface area contributed by atoms with Crippen molar-refractivity contribution in [3.05, 3.63) is 51.7 Å². The molecule has 0 N–H and O–H groups in total. The minimum Gasteiger partial charge on any atom is -0.492 e. The smallest absolute Gasteiger partial charge is 0.222 e. The van der Waals surface area contributed by atoms with Gasteiger partial charge in [-0.2, -0.15) is 0 Å². The second kappa shape index (κ2) is 8.81. The molecule has 0 bridgehead atoms. The van der Waals surface area contributed by atoms with Gasteiger partial charge in [0.15, 0.2) is 0 Å². The number of aryl methyl sites for hydroxylation is 1. The third kappa shape index (κ3) is 5.70. The number of ether oxygens (including phenoxy) is 1. The Morgan fingerprint density at radius 3 is 2.73 bits per heavy atom. The second-order valence-corrected chi connectivity index (χ2v) is 6.52. The van der Waals surface area contributed by atoms with E-state index in [2.05, 4.69) is 11.4 Å². The molecule has 0 saturated carbocycles. The molecule has 2 rings (SSSR count). The van der Waals surface area contributed by atoms with Gasteiger partial charge in [0.2, 0.25) is 5.91 Å². The molecule has 1 heterocycles. The van der Waals surface area contributed by atoms with Crippen LogP contribution in [0.5, 0.6) is 5.75 Å². The molecule has 0 spiro atoms. The van der Waals surface area contributed by atoms with Gasteiger partial charge in [-0.15, -0.1) is 11.3 Å². The predicted molar refractivity (Wildman–Crippen MR) is 91.8 cm³/mol. The topological polar surface area (TPSA) is 29.5 Å². The summed E-state index contributed by atoms with van der Waals surface area (Å²) in [6.07, 6.45) is 2.44. The van der Waals surface area contributed by atoms with Crippen molar-refractivity contribution in [3.8, 4) is 5.75 Å². The number of likely N-dealkylation sites (N-methyl/N-ethyl adjacent to an activating group) is 1. The first kappa shape index (κ1) is 16.8. The molecule has 0 saturated heterocycles. The molecule has 1 amide bonds. The molecule has 0 aliphatic heterocycles. The quantitative estimate of drug-likeness (QED) is 0.720. The van der Waals surface area contributed by atoms with Crippen molar-refractivity contribution in [2.24, 2.45) is 0 Å². The molecule has 1 aromatic heterocycles. The van der Waals surface area contributed by atoms with Gasteiger partial charge >= 0.3 is 0 Å². The first-order valence-corrected chi connectivity index (χ1v) is 8.55. The fourth-order valence-electron chi connectivity index (χ4n) is 2.02. The fourth-order valence-corrected chi connectivity index (χ4v) is 2.89. The Morgan fingerprint density at radius 2 is 2.05 bits per heavy atom. The van der Waals surface area contributed by atoms with E-state index in [-0.39, 0.29) is 5.91 Å². The molecule has 5 heteroatoms. The first-order valence-electron chi connectivity index (χ1n) is 7.30. The minimum atomic E-state index is 0.163. The highest BCUT2D eigenvalue weighted by Gasteiger charge is 2.08. The van der Waals surface area contributed by atoms with Gasteiger partial charge in [0.05, 0.1) is 6.54 Å². The van der Waals surface area contributed by atoms with E-state index in [1.54, 1.807) is 28.4 Å². The van der Waals surface area contributed by atoms with Crippen molar-refractivity contribution in [1.29, 1.82) is 0 Å². The number of hydrogen-bond acceptors (Lipinski definition) is 3. The van der Waals surface area contributed by atoms with Gasteiger partial charge in [0.1, 0.15) is 12.4 Å². The largest absolute Gasteiger partial charge is 0.492 e. The van der Waals surface area contributed by atoms with Gasteiger partial charge in [-0.05, 0) is 48.6 Å². The summed E-state index contributed by atoms with van der Waals surface area (Å²) in [5, 5.41) is 2.75. The number of carbonyl (C=O) groups is 1. The van der Waals surface area contributed by atoms with Crippen molar-refractivity contribution < 1.29 is 9.53 Å². The highest BCUT2D eigenvalue weighted by atomic mass is 35.5. The summed E-state index contributed by atoms with van der Waals surface area (Å²) >= 11 is 7.56. The van der Waals surface area contributed by atoms with Crippen LogP contribution >= 0.6 is 22.9 Å². The van der Waals surface area contributed by atoms with E-state index in [0.29, 0.717) is 24.6 Å².